The van der Waals surface area contributed by atoms with Gasteiger partial charge in [-0.2, -0.15) is 0 Å². The van der Waals surface area contributed by atoms with Crippen LogP contribution >= 0.6 is 0 Å². The second-order valence-electron chi connectivity index (χ2n) is 7.39. The normalized spacial score (nSPS) is 22.2. The summed E-state index contributed by atoms with van der Waals surface area (Å²) < 4.78 is 11.2. The monoisotopic (exact) mass is 407 g/mol. The van der Waals surface area contributed by atoms with E-state index in [9.17, 15) is 9.59 Å². The SMILES string of the molecule is COc1ccccc1/C=C1/OC2C=CC(C(=O)NCCN3CCCC3)=CC2=NC1=O. The van der Waals surface area contributed by atoms with E-state index in [4.69, 9.17) is 9.47 Å². The number of methoxy groups -OCH3 is 1. The maximum Gasteiger partial charge on any atom is 0.312 e. The zero-order valence-corrected chi connectivity index (χ0v) is 17.0. The third kappa shape index (κ3) is 4.52. The number of nitrogens with zero attached hydrogens (tertiary/aromatic N) is 2. The molecule has 0 aromatic heterocycles. The van der Waals surface area contributed by atoms with Gasteiger partial charge < -0.3 is 19.7 Å². The van der Waals surface area contributed by atoms with E-state index >= 15 is 0 Å². The Morgan fingerprint density at radius 2 is 2.13 bits per heavy atom. The van der Waals surface area contributed by atoms with Gasteiger partial charge >= 0.3 is 5.91 Å². The molecule has 1 aliphatic carbocycles. The number of hydrogen-bond donors (Lipinski definition) is 1. The Kier molecular flexibility index (Phi) is 6.09. The van der Waals surface area contributed by atoms with Crippen molar-refractivity contribution < 1.29 is 19.1 Å². The Morgan fingerprint density at radius 1 is 1.33 bits per heavy atom. The van der Waals surface area contributed by atoms with E-state index in [1.165, 1.54) is 12.8 Å². The average Bonchev–Trinajstić information content (AvgIpc) is 3.28. The van der Waals surface area contributed by atoms with Crippen LogP contribution in [0, 0.1) is 0 Å². The van der Waals surface area contributed by atoms with E-state index in [0.29, 0.717) is 23.6 Å². The van der Waals surface area contributed by atoms with E-state index < -0.39 is 12.0 Å². The van der Waals surface area contributed by atoms with E-state index in [1.807, 2.05) is 24.3 Å². The molecular formula is C23H25N3O4. The number of aliphatic imine (C=N–C) groups is 1. The first kappa shape index (κ1) is 20.1. The first-order valence-electron chi connectivity index (χ1n) is 10.2. The predicted octanol–water partition coefficient (Wildman–Crippen LogP) is 2.11. The third-order valence-electron chi connectivity index (χ3n) is 5.34. The molecule has 4 rings (SSSR count). The minimum absolute atomic E-state index is 0.143. The van der Waals surface area contributed by atoms with E-state index in [1.54, 1.807) is 31.4 Å². The zero-order valence-electron chi connectivity index (χ0n) is 17.0. The summed E-state index contributed by atoms with van der Waals surface area (Å²) in [5.41, 5.74) is 1.64. The lowest BCUT2D eigenvalue weighted by molar-refractivity contribution is -0.119. The number of fused-ring (bicyclic) bond motifs is 1. The molecule has 1 aromatic rings. The summed E-state index contributed by atoms with van der Waals surface area (Å²) in [5, 5.41) is 2.93. The standard InChI is InChI=1S/C23H25N3O4/c1-29-19-7-3-2-6-16(19)15-21-23(28)25-18-14-17(8-9-20(18)30-21)22(27)24-10-13-26-11-4-5-12-26/h2-3,6-9,14-15,20H,4-5,10-13H2,1H3,(H,24,27)/b21-15+. The fourth-order valence-corrected chi connectivity index (χ4v) is 3.73. The Balaban J connectivity index is 1.43. The molecule has 30 heavy (non-hydrogen) atoms. The molecule has 0 bridgehead atoms. The van der Waals surface area contributed by atoms with Crippen molar-refractivity contribution in [3.63, 3.8) is 0 Å². The number of para-hydroxylation sites is 1. The minimum atomic E-state index is -0.496. The molecule has 7 heteroatoms. The van der Waals surface area contributed by atoms with Gasteiger partial charge in [-0.15, -0.1) is 0 Å². The molecule has 1 unspecified atom stereocenters. The maximum absolute atomic E-state index is 12.5. The van der Waals surface area contributed by atoms with Crippen LogP contribution in [0.5, 0.6) is 5.75 Å². The molecule has 1 aromatic carbocycles. The van der Waals surface area contributed by atoms with Crippen molar-refractivity contribution in [3.05, 3.63) is 59.4 Å². The molecule has 1 saturated heterocycles. The molecule has 2 aliphatic heterocycles. The molecule has 0 saturated carbocycles. The van der Waals surface area contributed by atoms with Crippen LogP contribution in [0.1, 0.15) is 18.4 Å². The zero-order chi connectivity index (χ0) is 20.9. The van der Waals surface area contributed by atoms with Gasteiger partial charge in [-0.25, -0.2) is 4.99 Å². The first-order chi connectivity index (χ1) is 14.6. The fourth-order valence-electron chi connectivity index (χ4n) is 3.73. The van der Waals surface area contributed by atoms with Crippen molar-refractivity contribution in [2.75, 3.05) is 33.3 Å². The second kappa shape index (κ2) is 9.09. The van der Waals surface area contributed by atoms with Crippen molar-refractivity contribution in [1.29, 1.82) is 0 Å². The summed E-state index contributed by atoms with van der Waals surface area (Å²) in [4.78, 5) is 31.4. The van der Waals surface area contributed by atoms with Crippen LogP contribution < -0.4 is 10.1 Å². The second-order valence-corrected chi connectivity index (χ2v) is 7.39. The summed E-state index contributed by atoms with van der Waals surface area (Å²) in [7, 11) is 1.57. The number of carbonyl (C=O) groups excluding carboxylic acids is 2. The minimum Gasteiger partial charge on any atom is -0.496 e. The van der Waals surface area contributed by atoms with Crippen molar-refractivity contribution in [2.24, 2.45) is 4.99 Å². The molecule has 1 atom stereocenters. The number of nitrogens with one attached hydrogen (secondary N) is 1. The van der Waals surface area contributed by atoms with Gasteiger partial charge in [0.1, 0.15) is 5.75 Å². The van der Waals surface area contributed by atoms with Gasteiger partial charge in [-0.05, 0) is 56.3 Å². The highest BCUT2D eigenvalue weighted by Gasteiger charge is 2.29. The average molecular weight is 407 g/mol. The van der Waals surface area contributed by atoms with Crippen molar-refractivity contribution in [1.82, 2.24) is 10.2 Å². The number of amides is 2. The Labute approximate surface area is 175 Å². The highest BCUT2D eigenvalue weighted by Crippen LogP contribution is 2.25. The Hall–Kier alpha value is -3.19. The van der Waals surface area contributed by atoms with Crippen LogP contribution in [-0.2, 0) is 14.3 Å². The van der Waals surface area contributed by atoms with Crippen LogP contribution in [-0.4, -0.2) is 61.8 Å². The van der Waals surface area contributed by atoms with E-state index in [0.717, 1.165) is 25.2 Å². The summed E-state index contributed by atoms with van der Waals surface area (Å²) in [5.74, 6) is 0.134. The molecule has 1 fully saturated rings. The van der Waals surface area contributed by atoms with Gasteiger partial charge in [0.2, 0.25) is 0 Å². The van der Waals surface area contributed by atoms with Gasteiger partial charge in [0, 0.05) is 24.2 Å². The largest absolute Gasteiger partial charge is 0.496 e. The number of hydrogen-bond acceptors (Lipinski definition) is 5. The van der Waals surface area contributed by atoms with Crippen molar-refractivity contribution in [2.45, 2.75) is 18.9 Å². The molecule has 3 aliphatic rings. The van der Waals surface area contributed by atoms with Gasteiger partial charge in [-0.3, -0.25) is 9.59 Å². The molecule has 0 radical (unpaired) electrons. The highest BCUT2D eigenvalue weighted by atomic mass is 16.5. The van der Waals surface area contributed by atoms with Crippen LogP contribution in [0.25, 0.3) is 6.08 Å². The lowest BCUT2D eigenvalue weighted by Crippen LogP contribution is -2.36. The third-order valence-corrected chi connectivity index (χ3v) is 5.34. The number of rotatable bonds is 6. The summed E-state index contributed by atoms with van der Waals surface area (Å²) in [6.07, 6.45) is 8.66. The molecule has 0 spiro atoms. The summed E-state index contributed by atoms with van der Waals surface area (Å²) >= 11 is 0. The number of ether oxygens (including phenoxy) is 2. The predicted molar refractivity (Wildman–Crippen MR) is 114 cm³/mol. The summed E-state index contributed by atoms with van der Waals surface area (Å²) in [6, 6.07) is 7.36. The molecule has 1 N–H and O–H groups in total. The Morgan fingerprint density at radius 3 is 2.93 bits per heavy atom. The van der Waals surface area contributed by atoms with Gasteiger partial charge in [0.25, 0.3) is 5.91 Å². The van der Waals surface area contributed by atoms with Crippen LogP contribution in [0.2, 0.25) is 0 Å². The molecular weight excluding hydrogens is 382 g/mol. The van der Waals surface area contributed by atoms with Crippen molar-refractivity contribution >= 4 is 23.6 Å². The topological polar surface area (TPSA) is 80.2 Å². The van der Waals surface area contributed by atoms with Crippen LogP contribution in [0.15, 0.2) is 58.8 Å². The quantitative estimate of drug-likeness (QED) is 0.731. The van der Waals surface area contributed by atoms with Gasteiger partial charge in [-0.1, -0.05) is 18.2 Å². The number of benzene rings is 1. The van der Waals surface area contributed by atoms with E-state index in [2.05, 4.69) is 15.2 Å². The van der Waals surface area contributed by atoms with E-state index in [-0.39, 0.29) is 11.7 Å². The fraction of sp³-hybridized carbons (Fsp3) is 0.348. The summed E-state index contributed by atoms with van der Waals surface area (Å²) in [6.45, 7) is 3.65. The van der Waals surface area contributed by atoms with Crippen molar-refractivity contribution in [3.8, 4) is 5.75 Å². The number of likely N-dealkylation sites (tertiary alicyclic amines) is 1. The molecule has 7 nitrogen and oxygen atoms in total. The highest BCUT2D eigenvalue weighted by molar-refractivity contribution is 6.16. The smallest absolute Gasteiger partial charge is 0.312 e. The van der Waals surface area contributed by atoms with Crippen LogP contribution in [0.3, 0.4) is 0 Å². The molecule has 2 amide bonds. The van der Waals surface area contributed by atoms with Crippen LogP contribution in [0.4, 0.5) is 0 Å². The maximum atomic E-state index is 12.5. The molecule has 156 valence electrons. The van der Waals surface area contributed by atoms with Gasteiger partial charge in [0.05, 0.1) is 12.8 Å². The Bertz CT molecular complexity index is 955. The first-order valence-corrected chi connectivity index (χ1v) is 10.2. The lowest BCUT2D eigenvalue weighted by Gasteiger charge is -2.24. The molecule has 2 heterocycles. The van der Waals surface area contributed by atoms with Gasteiger partial charge in [0.15, 0.2) is 11.9 Å². The number of carbonyl (C=O) groups is 2. The lowest BCUT2D eigenvalue weighted by atomic mass is 10.0.